The summed E-state index contributed by atoms with van der Waals surface area (Å²) in [5.41, 5.74) is 0. The monoisotopic (exact) mass is 196 g/mol. The maximum absolute atomic E-state index is 10.0. The summed E-state index contributed by atoms with van der Waals surface area (Å²) in [5.74, 6) is 3.08. The highest BCUT2D eigenvalue weighted by Crippen LogP contribution is 2.42. The van der Waals surface area contributed by atoms with Crippen molar-refractivity contribution in [2.24, 2.45) is 23.7 Å². The predicted molar refractivity (Wildman–Crippen MR) is 59.0 cm³/mol. The van der Waals surface area contributed by atoms with Gasteiger partial charge in [-0.1, -0.05) is 13.8 Å². The molecule has 1 heteroatoms. The Morgan fingerprint density at radius 1 is 0.786 bits per heavy atom. The largest absolute Gasteiger partial charge is 0.393 e. The summed E-state index contributed by atoms with van der Waals surface area (Å²) < 4.78 is 0. The fraction of sp³-hybridized carbons (Fsp3) is 1.00. The van der Waals surface area contributed by atoms with Gasteiger partial charge in [-0.25, -0.2) is 0 Å². The van der Waals surface area contributed by atoms with Crippen LogP contribution < -0.4 is 0 Å². The number of aliphatic hydroxyl groups is 1. The number of rotatable bonds is 3. The van der Waals surface area contributed by atoms with Crippen molar-refractivity contribution in [3.8, 4) is 0 Å². The van der Waals surface area contributed by atoms with E-state index >= 15 is 0 Å². The highest BCUT2D eigenvalue weighted by molar-refractivity contribution is 4.88. The van der Waals surface area contributed by atoms with Crippen molar-refractivity contribution in [1.82, 2.24) is 0 Å². The second-order valence-electron chi connectivity index (χ2n) is 5.75. The molecule has 0 spiro atoms. The summed E-state index contributed by atoms with van der Waals surface area (Å²) in [6.45, 7) is 4.67. The maximum Gasteiger partial charge on any atom is 0.0596 e. The molecule has 1 N–H and O–H groups in total. The second kappa shape index (κ2) is 4.22. The molecule has 1 unspecified atom stereocenters. The lowest BCUT2D eigenvalue weighted by Crippen LogP contribution is -2.28. The summed E-state index contributed by atoms with van der Waals surface area (Å²) in [6.07, 6.45) is 7.87. The van der Waals surface area contributed by atoms with Gasteiger partial charge in [0.25, 0.3) is 0 Å². The molecule has 0 saturated heterocycles. The van der Waals surface area contributed by atoms with Crippen molar-refractivity contribution >= 4 is 0 Å². The predicted octanol–water partition coefficient (Wildman–Crippen LogP) is 3.22. The van der Waals surface area contributed by atoms with Crippen LogP contribution >= 0.6 is 0 Å². The van der Waals surface area contributed by atoms with Crippen LogP contribution in [0.5, 0.6) is 0 Å². The molecule has 0 amide bonds. The van der Waals surface area contributed by atoms with Gasteiger partial charge in [0.2, 0.25) is 0 Å². The Labute approximate surface area is 87.9 Å². The Balaban J connectivity index is 1.77. The van der Waals surface area contributed by atoms with Crippen molar-refractivity contribution in [1.29, 1.82) is 0 Å². The van der Waals surface area contributed by atoms with Gasteiger partial charge in [-0.05, 0) is 62.2 Å². The van der Waals surface area contributed by atoms with Crippen LogP contribution in [0.4, 0.5) is 0 Å². The van der Waals surface area contributed by atoms with Gasteiger partial charge in [0, 0.05) is 0 Å². The Kier molecular flexibility index (Phi) is 3.16. The summed E-state index contributed by atoms with van der Waals surface area (Å²) in [4.78, 5) is 0. The van der Waals surface area contributed by atoms with Gasteiger partial charge in [0.1, 0.15) is 0 Å². The third-order valence-electron chi connectivity index (χ3n) is 4.35. The second-order valence-corrected chi connectivity index (χ2v) is 5.75. The standard InChI is InChI=1S/C13H24O/c1-9(2)10-3-5-11(6-4-10)13(14)12-7-8-12/h9-14H,3-8H2,1-2H3. The molecule has 14 heavy (non-hydrogen) atoms. The van der Waals surface area contributed by atoms with Crippen molar-refractivity contribution < 1.29 is 5.11 Å². The minimum atomic E-state index is 0.0445. The lowest BCUT2D eigenvalue weighted by atomic mass is 9.74. The van der Waals surface area contributed by atoms with E-state index in [4.69, 9.17) is 0 Å². The van der Waals surface area contributed by atoms with Crippen LogP contribution in [-0.2, 0) is 0 Å². The SMILES string of the molecule is CC(C)C1CCC(C(O)C2CC2)CC1. The zero-order chi connectivity index (χ0) is 10.1. The first-order chi connectivity index (χ1) is 6.68. The molecule has 0 aliphatic heterocycles. The number of aliphatic hydroxyl groups excluding tert-OH is 1. The first kappa shape index (κ1) is 10.5. The van der Waals surface area contributed by atoms with E-state index in [1.54, 1.807) is 0 Å². The normalized spacial score (nSPS) is 36.0. The van der Waals surface area contributed by atoms with Gasteiger partial charge in [-0.3, -0.25) is 0 Å². The fourth-order valence-electron chi connectivity index (χ4n) is 2.98. The van der Waals surface area contributed by atoms with Crippen LogP contribution in [0.2, 0.25) is 0 Å². The molecule has 0 aromatic rings. The van der Waals surface area contributed by atoms with Crippen LogP contribution in [-0.4, -0.2) is 11.2 Å². The minimum Gasteiger partial charge on any atom is -0.393 e. The smallest absolute Gasteiger partial charge is 0.0596 e. The van der Waals surface area contributed by atoms with Gasteiger partial charge in [-0.15, -0.1) is 0 Å². The van der Waals surface area contributed by atoms with Crippen LogP contribution in [0.3, 0.4) is 0 Å². The van der Waals surface area contributed by atoms with Gasteiger partial charge in [0.05, 0.1) is 6.10 Å². The maximum atomic E-state index is 10.0. The van der Waals surface area contributed by atoms with E-state index in [0.29, 0.717) is 11.8 Å². The van der Waals surface area contributed by atoms with Gasteiger partial charge in [-0.2, -0.15) is 0 Å². The molecule has 1 nitrogen and oxygen atoms in total. The van der Waals surface area contributed by atoms with Crippen LogP contribution in [0.15, 0.2) is 0 Å². The Hall–Kier alpha value is -0.0400. The molecule has 0 aromatic heterocycles. The summed E-state index contributed by atoms with van der Waals surface area (Å²) in [5, 5.41) is 10.0. The molecule has 2 saturated carbocycles. The molecule has 2 aliphatic carbocycles. The van der Waals surface area contributed by atoms with Gasteiger partial charge >= 0.3 is 0 Å². The zero-order valence-electron chi connectivity index (χ0n) is 9.58. The lowest BCUT2D eigenvalue weighted by molar-refractivity contribution is 0.0509. The minimum absolute atomic E-state index is 0.0445. The molecule has 0 heterocycles. The van der Waals surface area contributed by atoms with E-state index in [1.807, 2.05) is 0 Å². The molecule has 0 aromatic carbocycles. The van der Waals surface area contributed by atoms with E-state index in [0.717, 1.165) is 11.8 Å². The third-order valence-corrected chi connectivity index (χ3v) is 4.35. The first-order valence-corrected chi connectivity index (χ1v) is 6.36. The van der Waals surface area contributed by atoms with E-state index in [-0.39, 0.29) is 6.10 Å². The highest BCUT2D eigenvalue weighted by atomic mass is 16.3. The van der Waals surface area contributed by atoms with E-state index in [9.17, 15) is 5.11 Å². The van der Waals surface area contributed by atoms with Crippen LogP contribution in [0.1, 0.15) is 52.4 Å². The fourth-order valence-corrected chi connectivity index (χ4v) is 2.98. The molecule has 2 fully saturated rings. The van der Waals surface area contributed by atoms with E-state index < -0.39 is 0 Å². The zero-order valence-corrected chi connectivity index (χ0v) is 9.58. The summed E-state index contributed by atoms with van der Waals surface area (Å²) in [6, 6.07) is 0. The summed E-state index contributed by atoms with van der Waals surface area (Å²) in [7, 11) is 0. The van der Waals surface area contributed by atoms with Gasteiger partial charge in [0.15, 0.2) is 0 Å². The van der Waals surface area contributed by atoms with Gasteiger partial charge < -0.3 is 5.11 Å². The number of hydrogen-bond donors (Lipinski definition) is 1. The van der Waals surface area contributed by atoms with Crippen molar-refractivity contribution in [2.45, 2.75) is 58.5 Å². The molecular formula is C13H24O. The molecule has 0 radical (unpaired) electrons. The summed E-state index contributed by atoms with van der Waals surface area (Å²) >= 11 is 0. The van der Waals surface area contributed by atoms with Crippen molar-refractivity contribution in [2.75, 3.05) is 0 Å². The molecule has 1 atom stereocenters. The molecule has 0 bridgehead atoms. The third kappa shape index (κ3) is 2.31. The van der Waals surface area contributed by atoms with E-state index in [1.165, 1.54) is 38.5 Å². The molecular weight excluding hydrogens is 172 g/mol. The lowest BCUT2D eigenvalue weighted by Gasteiger charge is -2.33. The molecule has 2 aliphatic rings. The molecule has 2 rings (SSSR count). The van der Waals surface area contributed by atoms with E-state index in [2.05, 4.69) is 13.8 Å². The Morgan fingerprint density at radius 3 is 1.50 bits per heavy atom. The number of hydrogen-bond acceptors (Lipinski definition) is 1. The van der Waals surface area contributed by atoms with Crippen molar-refractivity contribution in [3.63, 3.8) is 0 Å². The van der Waals surface area contributed by atoms with Crippen LogP contribution in [0, 0.1) is 23.7 Å². The average Bonchev–Trinajstić information content (AvgIpc) is 3.00. The highest BCUT2D eigenvalue weighted by Gasteiger charge is 2.37. The Morgan fingerprint density at radius 2 is 1.14 bits per heavy atom. The Bertz CT molecular complexity index is 176. The molecule has 82 valence electrons. The van der Waals surface area contributed by atoms with Crippen molar-refractivity contribution in [3.05, 3.63) is 0 Å². The average molecular weight is 196 g/mol. The quantitative estimate of drug-likeness (QED) is 0.735. The van der Waals surface area contributed by atoms with Crippen LogP contribution in [0.25, 0.3) is 0 Å². The first-order valence-electron chi connectivity index (χ1n) is 6.36. The topological polar surface area (TPSA) is 20.2 Å².